The van der Waals surface area contributed by atoms with Crippen molar-refractivity contribution in [1.29, 1.82) is 0 Å². The smallest absolute Gasteiger partial charge is 0.0645 e. The lowest BCUT2D eigenvalue weighted by Crippen LogP contribution is -1.91. The molecule has 2 N–H and O–H groups in total. The van der Waals surface area contributed by atoms with Crippen LogP contribution in [0.1, 0.15) is 0 Å². The maximum atomic E-state index is 4.50. The van der Waals surface area contributed by atoms with Gasteiger partial charge in [-0.1, -0.05) is 18.2 Å². The molecule has 3 nitrogen and oxygen atoms in total. The zero-order chi connectivity index (χ0) is 9.52. The average molecular weight is 175 g/mol. The monoisotopic (exact) mass is 175 g/mol. The van der Waals surface area contributed by atoms with Crippen LogP contribution in [0.4, 0.5) is 0 Å². The minimum absolute atomic E-state index is 1.09. The van der Waals surface area contributed by atoms with E-state index in [1.807, 2.05) is 47.3 Å². The molecule has 1 heterocycles. The van der Waals surface area contributed by atoms with Crippen molar-refractivity contribution in [1.82, 2.24) is 9.78 Å². The predicted molar refractivity (Wildman–Crippen MR) is 53.7 cm³/mol. The van der Waals surface area contributed by atoms with Gasteiger partial charge in [-0.05, 0) is 25.2 Å². The molecule has 0 saturated heterocycles. The van der Waals surface area contributed by atoms with Gasteiger partial charge < -0.3 is 5.73 Å². The van der Waals surface area contributed by atoms with Gasteiger partial charge in [-0.2, -0.15) is 5.10 Å². The standard InChI is InChI=1S/C9H8N2.CH5N/c1-2-5-9(6-3-1)11-8-4-7-10-11;1-2/h1-8H;2H2,1H3. The lowest BCUT2D eigenvalue weighted by molar-refractivity contribution is 0.880. The molecule has 0 aliphatic rings. The molecule has 0 spiro atoms. The zero-order valence-corrected chi connectivity index (χ0v) is 7.59. The summed E-state index contributed by atoms with van der Waals surface area (Å²) in [5.74, 6) is 0. The summed E-state index contributed by atoms with van der Waals surface area (Å²) in [7, 11) is 1.50. The Kier molecular flexibility index (Phi) is 3.73. The highest BCUT2D eigenvalue weighted by atomic mass is 15.3. The second-order valence-corrected chi connectivity index (χ2v) is 2.29. The minimum atomic E-state index is 1.09. The molecule has 0 aliphatic heterocycles. The topological polar surface area (TPSA) is 43.8 Å². The van der Waals surface area contributed by atoms with Gasteiger partial charge in [0.25, 0.3) is 0 Å². The molecular formula is C10H13N3. The first kappa shape index (κ1) is 9.48. The van der Waals surface area contributed by atoms with E-state index >= 15 is 0 Å². The second kappa shape index (κ2) is 5.11. The van der Waals surface area contributed by atoms with Crippen molar-refractivity contribution < 1.29 is 0 Å². The molecule has 0 amide bonds. The Labute approximate surface area is 77.8 Å². The van der Waals surface area contributed by atoms with E-state index in [9.17, 15) is 0 Å². The van der Waals surface area contributed by atoms with E-state index in [0.717, 1.165) is 5.69 Å². The van der Waals surface area contributed by atoms with Gasteiger partial charge in [-0.3, -0.25) is 0 Å². The molecule has 0 aliphatic carbocycles. The van der Waals surface area contributed by atoms with Gasteiger partial charge >= 0.3 is 0 Å². The van der Waals surface area contributed by atoms with Crippen molar-refractivity contribution >= 4 is 0 Å². The summed E-state index contributed by atoms with van der Waals surface area (Å²) in [5.41, 5.74) is 5.59. The van der Waals surface area contributed by atoms with Gasteiger partial charge in [0.1, 0.15) is 0 Å². The molecule has 0 saturated carbocycles. The van der Waals surface area contributed by atoms with Gasteiger partial charge in [0.05, 0.1) is 5.69 Å². The highest BCUT2D eigenvalue weighted by Gasteiger charge is 1.90. The minimum Gasteiger partial charge on any atom is -0.333 e. The van der Waals surface area contributed by atoms with Gasteiger partial charge in [0, 0.05) is 12.4 Å². The Hall–Kier alpha value is -1.61. The summed E-state index contributed by atoms with van der Waals surface area (Å²) in [6, 6.07) is 11.9. The van der Waals surface area contributed by atoms with E-state index < -0.39 is 0 Å². The van der Waals surface area contributed by atoms with E-state index in [2.05, 4.69) is 10.8 Å². The summed E-state index contributed by atoms with van der Waals surface area (Å²) in [6.45, 7) is 0. The Morgan fingerprint density at radius 3 is 2.31 bits per heavy atom. The van der Waals surface area contributed by atoms with Crippen LogP contribution in [0.3, 0.4) is 0 Å². The summed E-state index contributed by atoms with van der Waals surface area (Å²) < 4.78 is 1.83. The third-order valence-corrected chi connectivity index (χ3v) is 1.53. The Bertz CT molecular complexity index is 313. The molecule has 0 unspecified atom stereocenters. The van der Waals surface area contributed by atoms with Crippen LogP contribution < -0.4 is 5.73 Å². The average Bonchev–Trinajstić information content (AvgIpc) is 2.75. The van der Waals surface area contributed by atoms with Crippen molar-refractivity contribution in [2.24, 2.45) is 5.73 Å². The molecular weight excluding hydrogens is 162 g/mol. The first-order chi connectivity index (χ1) is 6.47. The van der Waals surface area contributed by atoms with Crippen LogP contribution in [-0.2, 0) is 0 Å². The number of para-hydroxylation sites is 1. The molecule has 68 valence electrons. The quantitative estimate of drug-likeness (QED) is 0.712. The van der Waals surface area contributed by atoms with Crippen LogP contribution in [0.25, 0.3) is 5.69 Å². The van der Waals surface area contributed by atoms with Crippen LogP contribution in [0, 0.1) is 0 Å². The molecule has 2 aromatic rings. The number of nitrogens with zero attached hydrogens (tertiary/aromatic N) is 2. The Morgan fingerprint density at radius 2 is 1.77 bits per heavy atom. The summed E-state index contributed by atoms with van der Waals surface area (Å²) in [4.78, 5) is 0. The number of aromatic nitrogens is 2. The highest BCUT2D eigenvalue weighted by molar-refractivity contribution is 5.29. The molecule has 3 heteroatoms. The number of rotatable bonds is 1. The molecule has 1 aromatic heterocycles. The van der Waals surface area contributed by atoms with Gasteiger partial charge in [-0.25, -0.2) is 4.68 Å². The molecule has 1 aromatic carbocycles. The summed E-state index contributed by atoms with van der Waals surface area (Å²) in [5, 5.41) is 4.10. The SMILES string of the molecule is CN.c1ccc(-n2cccn2)cc1. The van der Waals surface area contributed by atoms with E-state index in [-0.39, 0.29) is 0 Å². The Balaban J connectivity index is 0.000000396. The summed E-state index contributed by atoms with van der Waals surface area (Å²) in [6.07, 6.45) is 3.70. The number of hydrogen-bond donors (Lipinski definition) is 1. The largest absolute Gasteiger partial charge is 0.333 e. The van der Waals surface area contributed by atoms with Crippen LogP contribution in [0.15, 0.2) is 48.8 Å². The third kappa shape index (κ3) is 2.42. The van der Waals surface area contributed by atoms with Gasteiger partial charge in [0.15, 0.2) is 0 Å². The first-order valence-electron chi connectivity index (χ1n) is 4.09. The van der Waals surface area contributed by atoms with Crippen LogP contribution >= 0.6 is 0 Å². The lowest BCUT2D eigenvalue weighted by Gasteiger charge is -1.97. The molecule has 0 fully saturated rings. The molecule has 0 radical (unpaired) electrons. The highest BCUT2D eigenvalue weighted by Crippen LogP contribution is 2.03. The fourth-order valence-electron chi connectivity index (χ4n) is 1.00. The van der Waals surface area contributed by atoms with Crippen molar-refractivity contribution in [3.63, 3.8) is 0 Å². The van der Waals surface area contributed by atoms with Crippen LogP contribution in [0.5, 0.6) is 0 Å². The molecule has 0 atom stereocenters. The fraction of sp³-hybridized carbons (Fsp3) is 0.100. The van der Waals surface area contributed by atoms with Crippen LogP contribution in [0.2, 0.25) is 0 Å². The van der Waals surface area contributed by atoms with E-state index in [4.69, 9.17) is 0 Å². The lowest BCUT2D eigenvalue weighted by atomic mass is 10.3. The normalized spacial score (nSPS) is 8.77. The van der Waals surface area contributed by atoms with Gasteiger partial charge in [-0.15, -0.1) is 0 Å². The number of hydrogen-bond acceptors (Lipinski definition) is 2. The third-order valence-electron chi connectivity index (χ3n) is 1.53. The van der Waals surface area contributed by atoms with E-state index in [1.165, 1.54) is 7.05 Å². The first-order valence-corrected chi connectivity index (χ1v) is 4.09. The predicted octanol–water partition coefficient (Wildman–Crippen LogP) is 1.45. The fourth-order valence-corrected chi connectivity index (χ4v) is 1.00. The summed E-state index contributed by atoms with van der Waals surface area (Å²) >= 11 is 0. The number of benzene rings is 1. The molecule has 13 heavy (non-hydrogen) atoms. The van der Waals surface area contributed by atoms with Gasteiger partial charge in [0.2, 0.25) is 0 Å². The molecule has 0 bridgehead atoms. The van der Waals surface area contributed by atoms with Crippen molar-refractivity contribution in [2.45, 2.75) is 0 Å². The van der Waals surface area contributed by atoms with Crippen molar-refractivity contribution in [3.8, 4) is 5.69 Å². The maximum Gasteiger partial charge on any atom is 0.0645 e. The molecule has 2 rings (SSSR count). The van der Waals surface area contributed by atoms with E-state index in [0.29, 0.717) is 0 Å². The maximum absolute atomic E-state index is 4.50. The zero-order valence-electron chi connectivity index (χ0n) is 7.59. The van der Waals surface area contributed by atoms with Crippen molar-refractivity contribution in [2.75, 3.05) is 7.05 Å². The Morgan fingerprint density at radius 1 is 1.08 bits per heavy atom. The van der Waals surface area contributed by atoms with Crippen LogP contribution in [-0.4, -0.2) is 16.8 Å². The van der Waals surface area contributed by atoms with E-state index in [1.54, 1.807) is 6.20 Å². The van der Waals surface area contributed by atoms with Crippen molar-refractivity contribution in [3.05, 3.63) is 48.8 Å². The number of nitrogens with two attached hydrogens (primary N) is 1. The second-order valence-electron chi connectivity index (χ2n) is 2.29.